The molecule has 0 unspecified atom stereocenters. The molecule has 0 aromatic rings. The minimum atomic E-state index is -0.824. The van der Waals surface area contributed by atoms with Gasteiger partial charge in [-0.1, -0.05) is 6.92 Å². The Kier molecular flexibility index (Phi) is 2.38. The summed E-state index contributed by atoms with van der Waals surface area (Å²) >= 11 is 0. The van der Waals surface area contributed by atoms with Crippen LogP contribution in [-0.2, 0) is 4.79 Å². The summed E-state index contributed by atoms with van der Waals surface area (Å²) in [5.41, 5.74) is 4.16. The summed E-state index contributed by atoms with van der Waals surface area (Å²) in [6.07, 6.45) is 0.682. The summed E-state index contributed by atoms with van der Waals surface area (Å²) in [5.74, 6) is -0.0920. The fraction of sp³-hybridized carbons (Fsp3) is 0.889. The first-order valence-electron chi connectivity index (χ1n) is 4.59. The normalized spacial score (nSPS) is 21.2. The number of amides is 1. The van der Waals surface area contributed by atoms with Crippen LogP contribution in [0.1, 0.15) is 27.2 Å². The molecule has 1 fully saturated rings. The van der Waals surface area contributed by atoms with Crippen LogP contribution in [0.25, 0.3) is 0 Å². The molecule has 0 atom stereocenters. The van der Waals surface area contributed by atoms with Crippen LogP contribution in [0.5, 0.6) is 0 Å². The number of aliphatic hydroxyl groups is 1. The highest BCUT2D eigenvalue weighted by Gasteiger charge is 2.44. The first-order valence-corrected chi connectivity index (χ1v) is 4.59. The third-order valence-corrected chi connectivity index (χ3v) is 2.47. The van der Waals surface area contributed by atoms with Crippen LogP contribution in [0.15, 0.2) is 0 Å². The van der Waals surface area contributed by atoms with Crippen molar-refractivity contribution < 1.29 is 9.90 Å². The molecular weight excluding hydrogens is 168 g/mol. The number of nitrogens with zero attached hydrogens (tertiary/aromatic N) is 1. The van der Waals surface area contributed by atoms with Crippen LogP contribution in [-0.4, -0.2) is 40.1 Å². The van der Waals surface area contributed by atoms with Gasteiger partial charge in [-0.15, -0.1) is 0 Å². The smallest absolute Gasteiger partial charge is 0.242 e. The molecule has 76 valence electrons. The molecule has 3 N–H and O–H groups in total. The lowest BCUT2D eigenvalue weighted by atomic mass is 9.89. The second-order valence-electron chi connectivity index (χ2n) is 4.46. The zero-order valence-electron chi connectivity index (χ0n) is 8.50. The van der Waals surface area contributed by atoms with E-state index < -0.39 is 11.1 Å². The molecule has 0 aliphatic carbocycles. The molecule has 1 rings (SSSR count). The Morgan fingerprint density at radius 3 is 2.38 bits per heavy atom. The summed E-state index contributed by atoms with van der Waals surface area (Å²) in [5, 5.41) is 9.67. The average Bonchev–Trinajstić information content (AvgIpc) is 1.95. The van der Waals surface area contributed by atoms with E-state index in [1.165, 1.54) is 0 Å². The summed E-state index contributed by atoms with van der Waals surface area (Å²) in [4.78, 5) is 13.1. The van der Waals surface area contributed by atoms with E-state index in [0.29, 0.717) is 19.5 Å². The summed E-state index contributed by atoms with van der Waals surface area (Å²) in [6.45, 7) is 6.11. The highest BCUT2D eigenvalue weighted by atomic mass is 16.3. The van der Waals surface area contributed by atoms with E-state index in [1.54, 1.807) is 18.7 Å². The number of hydrogen-bond donors (Lipinski definition) is 2. The lowest BCUT2D eigenvalue weighted by molar-refractivity contribution is -0.160. The minimum absolute atomic E-state index is 0.0920. The molecule has 0 aromatic carbocycles. The van der Waals surface area contributed by atoms with Gasteiger partial charge in [-0.05, 0) is 20.3 Å². The van der Waals surface area contributed by atoms with Crippen molar-refractivity contribution in [2.45, 2.75) is 38.3 Å². The molecule has 4 heteroatoms. The molecule has 1 amide bonds. The second-order valence-corrected chi connectivity index (χ2v) is 4.46. The summed E-state index contributed by atoms with van der Waals surface area (Å²) in [7, 11) is 0. The Bertz CT molecular complexity index is 214. The van der Waals surface area contributed by atoms with Gasteiger partial charge in [0.2, 0.25) is 5.91 Å². The number of carbonyl (C=O) groups excluding carboxylic acids is 1. The van der Waals surface area contributed by atoms with Gasteiger partial charge in [0.1, 0.15) is 0 Å². The molecule has 1 heterocycles. The quantitative estimate of drug-likeness (QED) is 0.622. The fourth-order valence-corrected chi connectivity index (χ4v) is 1.44. The molecule has 0 spiro atoms. The fourth-order valence-electron chi connectivity index (χ4n) is 1.44. The molecular formula is C9H18N2O2. The average molecular weight is 186 g/mol. The van der Waals surface area contributed by atoms with Gasteiger partial charge in [0.05, 0.1) is 24.2 Å². The third kappa shape index (κ3) is 2.00. The molecule has 0 bridgehead atoms. The monoisotopic (exact) mass is 186 g/mol. The van der Waals surface area contributed by atoms with Gasteiger partial charge >= 0.3 is 0 Å². The standard InChI is InChI=1S/C9H18N2O2/c1-4-9(13)5-11(6-9)7(12)8(2,3)10/h13H,4-6,10H2,1-3H3. The molecule has 0 radical (unpaired) electrons. The Hall–Kier alpha value is -0.610. The van der Waals surface area contributed by atoms with E-state index in [9.17, 15) is 9.90 Å². The first kappa shape index (κ1) is 10.5. The van der Waals surface area contributed by atoms with Crippen LogP contribution in [0.4, 0.5) is 0 Å². The zero-order valence-corrected chi connectivity index (χ0v) is 8.50. The molecule has 0 aromatic heterocycles. The van der Waals surface area contributed by atoms with Gasteiger partial charge in [-0.3, -0.25) is 4.79 Å². The van der Waals surface area contributed by atoms with E-state index in [4.69, 9.17) is 5.73 Å². The number of nitrogens with two attached hydrogens (primary N) is 1. The lowest BCUT2D eigenvalue weighted by Crippen LogP contribution is -2.67. The lowest BCUT2D eigenvalue weighted by Gasteiger charge is -2.48. The maximum Gasteiger partial charge on any atom is 0.242 e. The van der Waals surface area contributed by atoms with Gasteiger partial charge in [0.15, 0.2) is 0 Å². The van der Waals surface area contributed by atoms with Crippen molar-refractivity contribution in [3.05, 3.63) is 0 Å². The molecule has 4 nitrogen and oxygen atoms in total. The van der Waals surface area contributed by atoms with Crippen molar-refractivity contribution in [2.24, 2.45) is 5.73 Å². The van der Waals surface area contributed by atoms with Crippen molar-refractivity contribution in [3.8, 4) is 0 Å². The summed E-state index contributed by atoms with van der Waals surface area (Å²) in [6, 6.07) is 0. The number of likely N-dealkylation sites (tertiary alicyclic amines) is 1. The molecule has 1 aliphatic rings. The van der Waals surface area contributed by atoms with E-state index in [-0.39, 0.29) is 5.91 Å². The van der Waals surface area contributed by atoms with E-state index in [2.05, 4.69) is 0 Å². The van der Waals surface area contributed by atoms with E-state index >= 15 is 0 Å². The third-order valence-electron chi connectivity index (χ3n) is 2.47. The predicted octanol–water partition coefficient (Wildman–Crippen LogP) is -0.293. The van der Waals surface area contributed by atoms with E-state index in [0.717, 1.165) is 0 Å². The van der Waals surface area contributed by atoms with Crippen LogP contribution < -0.4 is 5.73 Å². The van der Waals surface area contributed by atoms with Crippen molar-refractivity contribution in [2.75, 3.05) is 13.1 Å². The first-order chi connectivity index (χ1) is 5.78. The van der Waals surface area contributed by atoms with Crippen LogP contribution in [0, 0.1) is 0 Å². The Morgan fingerprint density at radius 2 is 2.08 bits per heavy atom. The Morgan fingerprint density at radius 1 is 1.62 bits per heavy atom. The van der Waals surface area contributed by atoms with Crippen LogP contribution in [0.3, 0.4) is 0 Å². The van der Waals surface area contributed by atoms with Crippen LogP contribution in [0.2, 0.25) is 0 Å². The van der Waals surface area contributed by atoms with Crippen molar-refractivity contribution in [3.63, 3.8) is 0 Å². The van der Waals surface area contributed by atoms with Crippen molar-refractivity contribution in [1.29, 1.82) is 0 Å². The van der Waals surface area contributed by atoms with Gasteiger partial charge in [-0.25, -0.2) is 0 Å². The van der Waals surface area contributed by atoms with Gasteiger partial charge in [0.25, 0.3) is 0 Å². The minimum Gasteiger partial charge on any atom is -0.386 e. The van der Waals surface area contributed by atoms with Crippen molar-refractivity contribution >= 4 is 5.91 Å². The van der Waals surface area contributed by atoms with Crippen LogP contribution >= 0.6 is 0 Å². The van der Waals surface area contributed by atoms with Gasteiger partial charge in [-0.2, -0.15) is 0 Å². The number of rotatable bonds is 2. The van der Waals surface area contributed by atoms with Gasteiger partial charge in [0, 0.05) is 0 Å². The Balaban J connectivity index is 2.49. The second kappa shape index (κ2) is 2.96. The van der Waals surface area contributed by atoms with Gasteiger partial charge < -0.3 is 15.7 Å². The Labute approximate surface area is 78.7 Å². The number of hydrogen-bond acceptors (Lipinski definition) is 3. The number of β-amino-alcohol motifs (C(OH)–C–C–N with tert-alkyl or cyclic N) is 1. The maximum atomic E-state index is 11.5. The largest absolute Gasteiger partial charge is 0.386 e. The van der Waals surface area contributed by atoms with E-state index in [1.807, 2.05) is 6.92 Å². The maximum absolute atomic E-state index is 11.5. The summed E-state index contributed by atoms with van der Waals surface area (Å²) < 4.78 is 0. The topological polar surface area (TPSA) is 66.6 Å². The number of carbonyl (C=O) groups is 1. The molecule has 13 heavy (non-hydrogen) atoms. The highest BCUT2D eigenvalue weighted by molar-refractivity contribution is 5.86. The molecule has 1 aliphatic heterocycles. The highest BCUT2D eigenvalue weighted by Crippen LogP contribution is 2.25. The predicted molar refractivity (Wildman–Crippen MR) is 50.1 cm³/mol. The molecule has 0 saturated carbocycles. The SMILES string of the molecule is CCC1(O)CN(C(=O)C(C)(C)N)C1. The molecule has 1 saturated heterocycles. The van der Waals surface area contributed by atoms with Crippen molar-refractivity contribution in [1.82, 2.24) is 4.90 Å². The zero-order chi connectivity index (χ0) is 10.3.